The number of carbonyl (C=O) groups is 2. The van der Waals surface area contributed by atoms with Crippen LogP contribution in [0.5, 0.6) is 0 Å². The van der Waals surface area contributed by atoms with Crippen LogP contribution in [-0.2, 0) is 4.79 Å². The van der Waals surface area contributed by atoms with E-state index in [4.69, 9.17) is 5.73 Å². The second kappa shape index (κ2) is 9.64. The maximum absolute atomic E-state index is 13.0. The third kappa shape index (κ3) is 6.04. The van der Waals surface area contributed by atoms with Crippen LogP contribution in [0.4, 0.5) is 10.1 Å². The van der Waals surface area contributed by atoms with Crippen LogP contribution in [0.25, 0.3) is 0 Å². The minimum Gasteiger partial charge on any atom is -0.480 e. The Kier molecular flexibility index (Phi) is 7.26. The van der Waals surface area contributed by atoms with Crippen molar-refractivity contribution in [1.29, 1.82) is 0 Å². The highest BCUT2D eigenvalue weighted by Gasteiger charge is 2.21. The Morgan fingerprint density at radius 1 is 1.22 bits per heavy atom. The van der Waals surface area contributed by atoms with Crippen molar-refractivity contribution < 1.29 is 19.1 Å². The highest BCUT2D eigenvalue weighted by molar-refractivity contribution is 7.98. The molecule has 0 radical (unpaired) electrons. The predicted molar refractivity (Wildman–Crippen MR) is 105 cm³/mol. The number of rotatable bonds is 6. The number of carboxylic acid groups (broad SMARTS) is 1. The number of nitrogens with two attached hydrogens (primary N) is 1. The van der Waals surface area contributed by atoms with E-state index in [0.717, 1.165) is 0 Å². The summed E-state index contributed by atoms with van der Waals surface area (Å²) in [4.78, 5) is 23.9. The van der Waals surface area contributed by atoms with Gasteiger partial charge in [0.1, 0.15) is 11.9 Å². The van der Waals surface area contributed by atoms with Gasteiger partial charge in [0.05, 0.1) is 5.56 Å². The Morgan fingerprint density at radius 3 is 2.56 bits per heavy atom. The molecular weight excluding hydrogens is 367 g/mol. The number of hydrogen-bond donors (Lipinski definition) is 3. The number of nitrogen functional groups attached to an aromatic ring is 1. The van der Waals surface area contributed by atoms with Crippen molar-refractivity contribution in [3.8, 4) is 11.8 Å². The van der Waals surface area contributed by atoms with Gasteiger partial charge in [0.15, 0.2) is 0 Å². The quantitative estimate of drug-likeness (QED) is 0.524. The molecule has 0 aliphatic carbocycles. The van der Waals surface area contributed by atoms with Gasteiger partial charge in [-0.3, -0.25) is 4.79 Å². The number of carboxylic acids is 1. The molecule has 140 valence electrons. The van der Waals surface area contributed by atoms with Gasteiger partial charge in [0, 0.05) is 16.8 Å². The molecule has 0 aromatic heterocycles. The number of thioether (sulfide) groups is 1. The molecule has 0 unspecified atom stereocenters. The molecular formula is C20H19FN2O3S. The molecule has 4 N–H and O–H groups in total. The van der Waals surface area contributed by atoms with E-state index in [-0.39, 0.29) is 11.4 Å². The fourth-order valence-electron chi connectivity index (χ4n) is 2.27. The molecule has 2 aromatic carbocycles. The minimum atomic E-state index is -1.09. The lowest BCUT2D eigenvalue weighted by Gasteiger charge is -2.15. The van der Waals surface area contributed by atoms with E-state index in [1.165, 1.54) is 42.1 Å². The highest BCUT2D eigenvalue weighted by Crippen LogP contribution is 2.14. The van der Waals surface area contributed by atoms with Crippen LogP contribution in [-0.4, -0.2) is 35.0 Å². The molecule has 0 spiro atoms. The van der Waals surface area contributed by atoms with Gasteiger partial charge < -0.3 is 16.2 Å². The van der Waals surface area contributed by atoms with E-state index in [1.54, 1.807) is 12.1 Å². The number of anilines is 1. The number of halogens is 1. The number of carbonyl (C=O) groups excluding carboxylic acids is 1. The Morgan fingerprint density at radius 2 is 1.93 bits per heavy atom. The Hall–Kier alpha value is -2.98. The van der Waals surface area contributed by atoms with Crippen molar-refractivity contribution >= 4 is 29.3 Å². The van der Waals surface area contributed by atoms with Gasteiger partial charge >= 0.3 is 5.97 Å². The van der Waals surface area contributed by atoms with Gasteiger partial charge in [-0.15, -0.1) is 0 Å². The summed E-state index contributed by atoms with van der Waals surface area (Å²) >= 11 is 1.50. The molecule has 2 rings (SSSR count). The van der Waals surface area contributed by atoms with Crippen molar-refractivity contribution in [1.82, 2.24) is 5.32 Å². The monoisotopic (exact) mass is 386 g/mol. The van der Waals surface area contributed by atoms with Crippen molar-refractivity contribution in [3.63, 3.8) is 0 Å². The number of benzene rings is 2. The number of nitrogens with one attached hydrogen (secondary N) is 1. The molecule has 0 fully saturated rings. The summed E-state index contributed by atoms with van der Waals surface area (Å²) in [6, 6.07) is 9.25. The maximum atomic E-state index is 13.0. The molecule has 27 heavy (non-hydrogen) atoms. The number of hydrogen-bond acceptors (Lipinski definition) is 4. The standard InChI is InChI=1S/C20H19FN2O3S/c1-27-11-10-18(20(25)26)23-19(24)17-9-8-16(22)12-14(17)5-2-13-3-6-15(21)7-4-13/h3-4,6-9,12,18H,10-11,22H2,1H3,(H,23,24)(H,25,26)/t18-/m0/s1. The summed E-state index contributed by atoms with van der Waals surface area (Å²) in [5.41, 5.74) is 7.38. The molecule has 0 saturated heterocycles. The molecule has 2 aromatic rings. The highest BCUT2D eigenvalue weighted by atomic mass is 32.2. The summed E-state index contributed by atoms with van der Waals surface area (Å²) in [7, 11) is 0. The number of amides is 1. The first-order valence-corrected chi connectivity index (χ1v) is 9.50. The summed E-state index contributed by atoms with van der Waals surface area (Å²) in [6.45, 7) is 0. The van der Waals surface area contributed by atoms with Crippen LogP contribution in [0, 0.1) is 17.7 Å². The zero-order chi connectivity index (χ0) is 19.8. The molecule has 7 heteroatoms. The lowest BCUT2D eigenvalue weighted by atomic mass is 10.0. The second-order valence-corrected chi connectivity index (χ2v) is 6.69. The molecule has 0 aliphatic rings. The van der Waals surface area contributed by atoms with Crippen molar-refractivity contribution in [2.24, 2.45) is 0 Å². The van der Waals surface area contributed by atoms with E-state index < -0.39 is 17.9 Å². The van der Waals surface area contributed by atoms with E-state index in [9.17, 15) is 19.1 Å². The fraction of sp³-hybridized carbons (Fsp3) is 0.200. The number of aliphatic carboxylic acids is 1. The second-order valence-electron chi connectivity index (χ2n) is 5.71. The van der Waals surface area contributed by atoms with Gasteiger partial charge in [0.25, 0.3) is 5.91 Å². The van der Waals surface area contributed by atoms with Crippen molar-refractivity contribution in [3.05, 3.63) is 65.0 Å². The lowest BCUT2D eigenvalue weighted by molar-refractivity contribution is -0.139. The van der Waals surface area contributed by atoms with E-state index in [0.29, 0.717) is 29.0 Å². The van der Waals surface area contributed by atoms with Gasteiger partial charge in [-0.25, -0.2) is 9.18 Å². The Balaban J connectivity index is 2.28. The smallest absolute Gasteiger partial charge is 0.326 e. The molecule has 5 nitrogen and oxygen atoms in total. The predicted octanol–water partition coefficient (Wildman–Crippen LogP) is 2.74. The zero-order valence-corrected chi connectivity index (χ0v) is 15.5. The average molecular weight is 386 g/mol. The van der Waals surface area contributed by atoms with E-state index >= 15 is 0 Å². The molecule has 1 atom stereocenters. The first-order valence-electron chi connectivity index (χ1n) is 8.10. The molecule has 0 aliphatic heterocycles. The lowest BCUT2D eigenvalue weighted by Crippen LogP contribution is -2.41. The van der Waals surface area contributed by atoms with Gasteiger partial charge in [-0.1, -0.05) is 11.8 Å². The molecule has 0 bridgehead atoms. The summed E-state index contributed by atoms with van der Waals surface area (Å²) in [5.74, 6) is 4.32. The topological polar surface area (TPSA) is 92.4 Å². The fourth-order valence-corrected chi connectivity index (χ4v) is 2.74. The van der Waals surface area contributed by atoms with Crippen LogP contribution >= 0.6 is 11.8 Å². The summed E-state index contributed by atoms with van der Waals surface area (Å²) in [5, 5.41) is 11.8. The van der Waals surface area contributed by atoms with Crippen LogP contribution in [0.2, 0.25) is 0 Å². The summed E-state index contributed by atoms with van der Waals surface area (Å²) < 4.78 is 13.0. The molecule has 0 heterocycles. The maximum Gasteiger partial charge on any atom is 0.326 e. The Bertz CT molecular complexity index is 888. The molecule has 1 amide bonds. The minimum absolute atomic E-state index is 0.231. The SMILES string of the molecule is CSCC[C@H](NC(=O)c1ccc(N)cc1C#Cc1ccc(F)cc1)C(=O)O. The van der Waals surface area contributed by atoms with Gasteiger partial charge in [0.2, 0.25) is 0 Å². The largest absolute Gasteiger partial charge is 0.480 e. The van der Waals surface area contributed by atoms with Gasteiger partial charge in [-0.2, -0.15) is 11.8 Å². The van der Waals surface area contributed by atoms with Crippen molar-refractivity contribution in [2.45, 2.75) is 12.5 Å². The van der Waals surface area contributed by atoms with Gasteiger partial charge in [-0.05, 0) is 60.9 Å². The van der Waals surface area contributed by atoms with Crippen LogP contribution in [0.3, 0.4) is 0 Å². The first kappa shape index (κ1) is 20.3. The molecule has 0 saturated carbocycles. The third-order valence-electron chi connectivity index (χ3n) is 3.69. The zero-order valence-electron chi connectivity index (χ0n) is 14.7. The van der Waals surface area contributed by atoms with Crippen molar-refractivity contribution in [2.75, 3.05) is 17.7 Å². The van der Waals surface area contributed by atoms with E-state index in [2.05, 4.69) is 17.2 Å². The van der Waals surface area contributed by atoms with Crippen LogP contribution < -0.4 is 11.1 Å². The first-order chi connectivity index (χ1) is 12.9. The Labute approximate surface area is 161 Å². The van der Waals surface area contributed by atoms with Crippen LogP contribution in [0.1, 0.15) is 27.9 Å². The third-order valence-corrected chi connectivity index (χ3v) is 4.33. The normalized spacial score (nSPS) is 11.2. The average Bonchev–Trinajstić information content (AvgIpc) is 2.64. The summed E-state index contributed by atoms with van der Waals surface area (Å²) in [6.07, 6.45) is 2.18. The van der Waals surface area contributed by atoms with Crippen LogP contribution in [0.15, 0.2) is 42.5 Å². The van der Waals surface area contributed by atoms with E-state index in [1.807, 2.05) is 6.26 Å².